The molecule has 2 aromatic rings. The van der Waals surface area contributed by atoms with Gasteiger partial charge in [-0.3, -0.25) is 10.2 Å². The van der Waals surface area contributed by atoms with Crippen LogP contribution in [-0.2, 0) is 5.75 Å². The highest BCUT2D eigenvalue weighted by atomic mass is 32.2. The summed E-state index contributed by atoms with van der Waals surface area (Å²) in [6.45, 7) is 3.73. The van der Waals surface area contributed by atoms with Crippen LogP contribution in [0.5, 0.6) is 0 Å². The summed E-state index contributed by atoms with van der Waals surface area (Å²) in [6, 6.07) is 1.53. The number of aryl methyl sites for hydroxylation is 2. The number of hydrogen-bond acceptors (Lipinski definition) is 7. The number of amides is 1. The number of oxazole rings is 1. The average Bonchev–Trinajstić information content (AvgIpc) is 2.94. The van der Waals surface area contributed by atoms with Gasteiger partial charge in [-0.05, 0) is 13.8 Å². The quantitative estimate of drug-likeness (QED) is 0.371. The Hall–Kier alpha value is -1.80. The third-order valence-corrected chi connectivity index (χ3v) is 3.12. The summed E-state index contributed by atoms with van der Waals surface area (Å²) >= 11 is 1.37. The maximum absolute atomic E-state index is 11.2. The Balaban J connectivity index is 1.98. The number of carbonyl (C=O) groups excluding carboxylic acids is 1. The molecule has 0 radical (unpaired) electrons. The molecular weight excluding hydrogens is 256 g/mol. The van der Waals surface area contributed by atoms with Crippen LogP contribution in [0.3, 0.4) is 0 Å². The molecule has 18 heavy (non-hydrogen) atoms. The molecule has 0 fully saturated rings. The average molecular weight is 268 g/mol. The van der Waals surface area contributed by atoms with Crippen molar-refractivity contribution in [1.29, 1.82) is 0 Å². The van der Waals surface area contributed by atoms with Gasteiger partial charge >= 0.3 is 0 Å². The molecular formula is C10H12N4O3S. The molecule has 0 bridgehead atoms. The lowest BCUT2D eigenvalue weighted by Gasteiger charge is -1.91. The molecule has 2 rings (SSSR count). The van der Waals surface area contributed by atoms with E-state index in [4.69, 9.17) is 14.8 Å². The number of thioether (sulfide) groups is 1. The van der Waals surface area contributed by atoms with Gasteiger partial charge in [0.2, 0.25) is 0 Å². The summed E-state index contributed by atoms with van der Waals surface area (Å²) in [4.78, 5) is 15.4. The van der Waals surface area contributed by atoms with E-state index in [9.17, 15) is 4.79 Å². The number of nitrogens with one attached hydrogen (secondary N) is 1. The van der Waals surface area contributed by atoms with Crippen LogP contribution >= 0.6 is 11.8 Å². The molecule has 0 spiro atoms. The number of rotatable bonds is 4. The zero-order chi connectivity index (χ0) is 13.1. The number of nitrogen functional groups attached to an aromatic ring is 1. The highest BCUT2D eigenvalue weighted by Crippen LogP contribution is 2.24. The van der Waals surface area contributed by atoms with E-state index in [-0.39, 0.29) is 5.69 Å². The fourth-order valence-corrected chi connectivity index (χ4v) is 1.99. The van der Waals surface area contributed by atoms with Crippen LogP contribution in [-0.4, -0.2) is 16.0 Å². The van der Waals surface area contributed by atoms with Crippen molar-refractivity contribution in [3.05, 3.63) is 29.0 Å². The number of aromatic nitrogens is 2. The maximum atomic E-state index is 11.2. The van der Waals surface area contributed by atoms with Gasteiger partial charge in [0.1, 0.15) is 11.5 Å². The van der Waals surface area contributed by atoms with Crippen molar-refractivity contribution in [2.45, 2.75) is 24.8 Å². The van der Waals surface area contributed by atoms with Gasteiger partial charge in [0.15, 0.2) is 5.69 Å². The molecule has 0 atom stereocenters. The topological polar surface area (TPSA) is 107 Å². The van der Waals surface area contributed by atoms with Crippen LogP contribution < -0.4 is 11.3 Å². The third-order valence-electron chi connectivity index (χ3n) is 2.27. The van der Waals surface area contributed by atoms with E-state index in [1.54, 1.807) is 0 Å². The molecule has 2 aromatic heterocycles. The van der Waals surface area contributed by atoms with E-state index < -0.39 is 5.91 Å². The van der Waals surface area contributed by atoms with E-state index in [1.165, 1.54) is 17.8 Å². The lowest BCUT2D eigenvalue weighted by molar-refractivity contribution is 0.0944. The van der Waals surface area contributed by atoms with Crippen LogP contribution in [0.4, 0.5) is 0 Å². The molecule has 3 N–H and O–H groups in total. The molecule has 0 aliphatic carbocycles. The Bertz CT molecular complexity index is 544. The molecule has 2 heterocycles. The zero-order valence-electron chi connectivity index (χ0n) is 9.89. The summed E-state index contributed by atoms with van der Waals surface area (Å²) < 4.78 is 10.4. The van der Waals surface area contributed by atoms with Crippen LogP contribution in [0.15, 0.2) is 20.2 Å². The minimum Gasteiger partial charge on any atom is -0.437 e. The monoisotopic (exact) mass is 268 g/mol. The molecule has 0 aromatic carbocycles. The Morgan fingerprint density at radius 3 is 2.94 bits per heavy atom. The van der Waals surface area contributed by atoms with Crippen molar-refractivity contribution >= 4 is 17.7 Å². The predicted octanol–water partition coefficient (Wildman–Crippen LogP) is 1.18. The van der Waals surface area contributed by atoms with E-state index >= 15 is 0 Å². The second-order valence-corrected chi connectivity index (χ2v) is 4.49. The van der Waals surface area contributed by atoms with Gasteiger partial charge in [0.05, 0.1) is 11.4 Å². The van der Waals surface area contributed by atoms with Crippen molar-refractivity contribution in [3.8, 4) is 0 Å². The Morgan fingerprint density at radius 2 is 2.33 bits per heavy atom. The summed E-state index contributed by atoms with van der Waals surface area (Å²) in [7, 11) is 0. The summed E-state index contributed by atoms with van der Waals surface area (Å²) in [5.74, 6) is 6.31. The first-order chi connectivity index (χ1) is 8.60. The first-order valence-electron chi connectivity index (χ1n) is 5.13. The van der Waals surface area contributed by atoms with Crippen LogP contribution in [0.2, 0.25) is 0 Å². The highest BCUT2D eigenvalue weighted by Gasteiger charge is 2.13. The van der Waals surface area contributed by atoms with Gasteiger partial charge in [-0.2, -0.15) is 0 Å². The molecule has 0 saturated carbocycles. The molecule has 0 saturated heterocycles. The number of carbonyl (C=O) groups is 1. The number of nitrogens with zero attached hydrogens (tertiary/aromatic N) is 2. The van der Waals surface area contributed by atoms with Gasteiger partial charge < -0.3 is 8.94 Å². The van der Waals surface area contributed by atoms with Crippen molar-refractivity contribution in [2.75, 3.05) is 0 Å². The molecule has 0 unspecified atom stereocenters. The van der Waals surface area contributed by atoms with Crippen LogP contribution in [0.1, 0.15) is 27.7 Å². The third kappa shape index (κ3) is 2.71. The largest absolute Gasteiger partial charge is 0.437 e. The SMILES string of the molecule is Cc1nc(SCc2cc(C(=O)NN)no2)oc1C. The second-order valence-electron chi connectivity index (χ2n) is 3.56. The van der Waals surface area contributed by atoms with Gasteiger partial charge in [-0.25, -0.2) is 10.8 Å². The van der Waals surface area contributed by atoms with Crippen molar-refractivity contribution < 1.29 is 13.7 Å². The van der Waals surface area contributed by atoms with Gasteiger partial charge in [0, 0.05) is 6.07 Å². The lowest BCUT2D eigenvalue weighted by atomic mass is 10.4. The Kier molecular flexibility index (Phi) is 3.68. The van der Waals surface area contributed by atoms with E-state index in [2.05, 4.69) is 10.1 Å². The van der Waals surface area contributed by atoms with Gasteiger partial charge in [-0.1, -0.05) is 16.9 Å². The smallest absolute Gasteiger partial charge is 0.287 e. The standard InChI is InChI=1S/C10H12N4O3S/c1-5-6(2)16-10(12-5)18-4-7-3-8(14-17-7)9(15)13-11/h3H,4,11H2,1-2H3,(H,13,15). The first-order valence-corrected chi connectivity index (χ1v) is 6.12. The highest BCUT2D eigenvalue weighted by molar-refractivity contribution is 7.98. The Labute approximate surface area is 107 Å². The van der Waals surface area contributed by atoms with Gasteiger partial charge in [0.25, 0.3) is 11.1 Å². The normalized spacial score (nSPS) is 10.6. The summed E-state index contributed by atoms with van der Waals surface area (Å²) in [5, 5.41) is 4.15. The van der Waals surface area contributed by atoms with E-state index in [0.29, 0.717) is 16.7 Å². The van der Waals surface area contributed by atoms with E-state index in [0.717, 1.165) is 11.5 Å². The lowest BCUT2D eigenvalue weighted by Crippen LogP contribution is -2.30. The summed E-state index contributed by atoms with van der Waals surface area (Å²) in [6.07, 6.45) is 0. The first kappa shape index (κ1) is 12.7. The van der Waals surface area contributed by atoms with Crippen LogP contribution in [0.25, 0.3) is 0 Å². The maximum Gasteiger partial charge on any atom is 0.287 e. The minimum absolute atomic E-state index is 0.146. The zero-order valence-corrected chi connectivity index (χ0v) is 10.7. The van der Waals surface area contributed by atoms with E-state index in [1.807, 2.05) is 19.3 Å². The second kappa shape index (κ2) is 5.23. The van der Waals surface area contributed by atoms with Crippen molar-refractivity contribution in [2.24, 2.45) is 5.84 Å². The van der Waals surface area contributed by atoms with Crippen molar-refractivity contribution in [1.82, 2.24) is 15.6 Å². The fourth-order valence-electron chi connectivity index (χ4n) is 1.20. The van der Waals surface area contributed by atoms with Gasteiger partial charge in [-0.15, -0.1) is 0 Å². The number of nitrogens with two attached hydrogens (primary N) is 1. The van der Waals surface area contributed by atoms with Crippen molar-refractivity contribution in [3.63, 3.8) is 0 Å². The van der Waals surface area contributed by atoms with Crippen LogP contribution in [0, 0.1) is 13.8 Å². The number of hydrogen-bond donors (Lipinski definition) is 2. The molecule has 0 aliphatic rings. The minimum atomic E-state index is -0.488. The predicted molar refractivity (Wildman–Crippen MR) is 63.7 cm³/mol. The number of hydrazine groups is 1. The Morgan fingerprint density at radius 1 is 1.56 bits per heavy atom. The molecule has 8 heteroatoms. The fraction of sp³-hybridized carbons (Fsp3) is 0.300. The molecule has 96 valence electrons. The summed E-state index contributed by atoms with van der Waals surface area (Å²) in [5.41, 5.74) is 2.99. The molecule has 1 amide bonds. The molecule has 0 aliphatic heterocycles. The molecule has 7 nitrogen and oxygen atoms in total.